The molecule has 1 aliphatic carbocycles. The van der Waals surface area contributed by atoms with E-state index >= 15 is 0 Å². The number of rotatable bonds is 10. The quantitative estimate of drug-likeness (QED) is 0.415. The molecule has 0 aromatic heterocycles. The standard InChI is InChI=1S/C31H37NO4/c1-5-22-7-10-24-11-12-25-18-21(2)6-15-27(25)30(28(24)19-22)32(3)16-17-36-26-13-8-23(9-14-26)20-29(35-4)31(33)34/h6-10,13-15,18-19,29-30H,5,11-12,16-17,20H2,1-4H3,(H,33,34). The molecule has 5 heteroatoms. The van der Waals surface area contributed by atoms with Crippen molar-refractivity contribution in [2.45, 2.75) is 51.7 Å². The van der Waals surface area contributed by atoms with Crippen LogP contribution in [0.2, 0.25) is 0 Å². The van der Waals surface area contributed by atoms with Crippen LogP contribution in [0.1, 0.15) is 51.9 Å². The molecule has 1 aliphatic rings. The third kappa shape index (κ3) is 5.97. The topological polar surface area (TPSA) is 59.0 Å². The molecule has 190 valence electrons. The van der Waals surface area contributed by atoms with Gasteiger partial charge in [-0.25, -0.2) is 4.79 Å². The molecule has 0 radical (unpaired) electrons. The van der Waals surface area contributed by atoms with Crippen molar-refractivity contribution in [2.24, 2.45) is 0 Å². The Kier molecular flexibility index (Phi) is 8.44. The SMILES string of the molecule is CCc1ccc2c(c1)C(N(C)CCOc1ccc(CC(OC)C(=O)O)cc1)c1ccc(C)cc1CC2. The number of likely N-dealkylation sites (N-methyl/N-ethyl adjacent to an activating group) is 1. The molecule has 0 heterocycles. The fraction of sp³-hybridized carbons (Fsp3) is 0.387. The van der Waals surface area contributed by atoms with Gasteiger partial charge in [0.2, 0.25) is 0 Å². The number of carboxylic acid groups (broad SMARTS) is 1. The number of benzene rings is 3. The van der Waals surface area contributed by atoms with Crippen LogP contribution >= 0.6 is 0 Å². The number of ether oxygens (including phenoxy) is 2. The molecular weight excluding hydrogens is 450 g/mol. The van der Waals surface area contributed by atoms with Gasteiger partial charge in [0.25, 0.3) is 0 Å². The first-order chi connectivity index (χ1) is 17.4. The average Bonchev–Trinajstić information content (AvgIpc) is 3.03. The van der Waals surface area contributed by atoms with Crippen molar-refractivity contribution >= 4 is 5.97 Å². The Hall–Kier alpha value is -3.15. The van der Waals surface area contributed by atoms with Gasteiger partial charge in [-0.1, -0.05) is 61.0 Å². The maximum atomic E-state index is 11.2. The van der Waals surface area contributed by atoms with E-state index in [9.17, 15) is 9.90 Å². The van der Waals surface area contributed by atoms with Crippen LogP contribution in [0.25, 0.3) is 0 Å². The first-order valence-electron chi connectivity index (χ1n) is 12.8. The van der Waals surface area contributed by atoms with E-state index in [1.807, 2.05) is 24.3 Å². The highest BCUT2D eigenvalue weighted by atomic mass is 16.5. The molecule has 0 spiro atoms. The maximum absolute atomic E-state index is 11.2. The van der Waals surface area contributed by atoms with Crippen LogP contribution in [-0.4, -0.2) is 49.4 Å². The summed E-state index contributed by atoms with van der Waals surface area (Å²) in [5, 5.41) is 9.19. The molecule has 0 saturated heterocycles. The van der Waals surface area contributed by atoms with Crippen LogP contribution in [0.5, 0.6) is 5.75 Å². The number of hydrogen-bond acceptors (Lipinski definition) is 4. The highest BCUT2D eigenvalue weighted by Gasteiger charge is 2.27. The van der Waals surface area contributed by atoms with Crippen molar-refractivity contribution in [2.75, 3.05) is 27.3 Å². The number of nitrogens with zero attached hydrogens (tertiary/aromatic N) is 1. The molecule has 0 saturated carbocycles. The van der Waals surface area contributed by atoms with Crippen LogP contribution in [0.15, 0.2) is 60.7 Å². The third-order valence-corrected chi connectivity index (χ3v) is 7.23. The van der Waals surface area contributed by atoms with Crippen molar-refractivity contribution in [1.29, 1.82) is 0 Å². The van der Waals surface area contributed by atoms with Gasteiger partial charge in [0.05, 0.1) is 6.04 Å². The Labute approximate surface area is 214 Å². The fourth-order valence-electron chi connectivity index (χ4n) is 5.12. The van der Waals surface area contributed by atoms with Gasteiger partial charge in [0, 0.05) is 20.1 Å². The lowest BCUT2D eigenvalue weighted by molar-refractivity contribution is -0.148. The average molecular weight is 488 g/mol. The van der Waals surface area contributed by atoms with Crippen molar-refractivity contribution in [3.8, 4) is 5.75 Å². The minimum atomic E-state index is -0.955. The molecule has 0 aliphatic heterocycles. The second-order valence-electron chi connectivity index (χ2n) is 9.73. The summed E-state index contributed by atoms with van der Waals surface area (Å²) in [6.07, 6.45) is 2.65. The molecule has 3 aromatic carbocycles. The molecule has 36 heavy (non-hydrogen) atoms. The van der Waals surface area contributed by atoms with Crippen LogP contribution in [-0.2, 0) is 35.2 Å². The van der Waals surface area contributed by atoms with Gasteiger partial charge in [-0.2, -0.15) is 0 Å². The van der Waals surface area contributed by atoms with E-state index in [4.69, 9.17) is 9.47 Å². The summed E-state index contributed by atoms with van der Waals surface area (Å²) >= 11 is 0. The van der Waals surface area contributed by atoms with Gasteiger partial charge in [0.1, 0.15) is 12.4 Å². The maximum Gasteiger partial charge on any atom is 0.333 e. The highest BCUT2D eigenvalue weighted by Crippen LogP contribution is 2.37. The number of hydrogen-bond donors (Lipinski definition) is 1. The number of carboxylic acids is 1. The Morgan fingerprint density at radius 2 is 1.72 bits per heavy atom. The van der Waals surface area contributed by atoms with Crippen LogP contribution in [0.4, 0.5) is 0 Å². The normalized spacial score (nSPS) is 15.6. The van der Waals surface area contributed by atoms with E-state index in [0.717, 1.165) is 37.1 Å². The summed E-state index contributed by atoms with van der Waals surface area (Å²) in [6, 6.07) is 21.7. The van der Waals surface area contributed by atoms with Gasteiger partial charge < -0.3 is 14.6 Å². The molecule has 0 fully saturated rings. The summed E-state index contributed by atoms with van der Waals surface area (Å²) in [6.45, 7) is 5.72. The Morgan fingerprint density at radius 1 is 1.00 bits per heavy atom. The molecule has 0 amide bonds. The number of methoxy groups -OCH3 is 1. The molecule has 0 bridgehead atoms. The van der Waals surface area contributed by atoms with Crippen molar-refractivity contribution in [3.63, 3.8) is 0 Å². The van der Waals surface area contributed by atoms with Crippen molar-refractivity contribution < 1.29 is 19.4 Å². The lowest BCUT2D eigenvalue weighted by Gasteiger charge is -2.31. The predicted molar refractivity (Wildman–Crippen MR) is 143 cm³/mol. The summed E-state index contributed by atoms with van der Waals surface area (Å²) < 4.78 is 11.1. The van der Waals surface area contributed by atoms with E-state index < -0.39 is 12.1 Å². The van der Waals surface area contributed by atoms with E-state index in [0.29, 0.717) is 13.0 Å². The minimum absolute atomic E-state index is 0.192. The smallest absolute Gasteiger partial charge is 0.333 e. The number of carbonyl (C=O) groups is 1. The second kappa shape index (κ2) is 11.7. The predicted octanol–water partition coefficient (Wildman–Crippen LogP) is 5.40. The summed E-state index contributed by atoms with van der Waals surface area (Å²) in [5.74, 6) is -0.175. The van der Waals surface area contributed by atoms with Crippen LogP contribution in [0, 0.1) is 6.92 Å². The fourth-order valence-corrected chi connectivity index (χ4v) is 5.12. The molecular formula is C31H37NO4. The first kappa shape index (κ1) is 25.9. The zero-order valence-corrected chi connectivity index (χ0v) is 21.8. The summed E-state index contributed by atoms with van der Waals surface area (Å²) in [7, 11) is 3.60. The Balaban J connectivity index is 1.47. The number of aryl methyl sites for hydroxylation is 4. The molecule has 2 unspecified atom stereocenters. The molecule has 2 atom stereocenters. The van der Waals surface area contributed by atoms with Gasteiger partial charge in [-0.05, 0) is 78.7 Å². The van der Waals surface area contributed by atoms with Crippen LogP contribution in [0.3, 0.4) is 0 Å². The van der Waals surface area contributed by atoms with E-state index in [1.165, 1.54) is 40.5 Å². The van der Waals surface area contributed by atoms with Crippen LogP contribution < -0.4 is 4.74 Å². The van der Waals surface area contributed by atoms with Crippen molar-refractivity contribution in [3.05, 3.63) is 99.6 Å². The van der Waals surface area contributed by atoms with E-state index in [1.54, 1.807) is 0 Å². The highest BCUT2D eigenvalue weighted by molar-refractivity contribution is 5.72. The van der Waals surface area contributed by atoms with Crippen molar-refractivity contribution in [1.82, 2.24) is 4.90 Å². The molecule has 4 rings (SSSR count). The number of aliphatic carboxylic acids is 1. The second-order valence-corrected chi connectivity index (χ2v) is 9.73. The zero-order chi connectivity index (χ0) is 25.7. The minimum Gasteiger partial charge on any atom is -0.492 e. The van der Waals surface area contributed by atoms with E-state index in [-0.39, 0.29) is 6.04 Å². The summed E-state index contributed by atoms with van der Waals surface area (Å²) in [5.41, 5.74) is 9.27. The Morgan fingerprint density at radius 3 is 2.42 bits per heavy atom. The molecule has 1 N–H and O–H groups in total. The van der Waals surface area contributed by atoms with Gasteiger partial charge >= 0.3 is 5.97 Å². The van der Waals surface area contributed by atoms with Gasteiger partial charge in [-0.15, -0.1) is 0 Å². The largest absolute Gasteiger partial charge is 0.492 e. The van der Waals surface area contributed by atoms with Gasteiger partial charge in [0.15, 0.2) is 6.10 Å². The van der Waals surface area contributed by atoms with Gasteiger partial charge in [-0.3, -0.25) is 4.90 Å². The lowest BCUT2D eigenvalue weighted by atomic mass is 9.91. The van der Waals surface area contributed by atoms with E-state index in [2.05, 4.69) is 62.2 Å². The summed E-state index contributed by atoms with van der Waals surface area (Å²) in [4.78, 5) is 13.6. The molecule has 3 aromatic rings. The lowest BCUT2D eigenvalue weighted by Crippen LogP contribution is -2.30. The Bertz CT molecular complexity index is 1190. The zero-order valence-electron chi connectivity index (χ0n) is 21.8. The third-order valence-electron chi connectivity index (χ3n) is 7.23. The monoisotopic (exact) mass is 487 g/mol. The first-order valence-corrected chi connectivity index (χ1v) is 12.8. The molecule has 5 nitrogen and oxygen atoms in total. The number of fused-ring (bicyclic) bond motifs is 2.